The van der Waals surface area contributed by atoms with Crippen LogP contribution in [-0.4, -0.2) is 15.3 Å². The van der Waals surface area contributed by atoms with E-state index in [2.05, 4.69) is 18.0 Å². The summed E-state index contributed by atoms with van der Waals surface area (Å²) in [6, 6.07) is 17.6. The van der Waals surface area contributed by atoms with Crippen molar-refractivity contribution in [2.45, 2.75) is 25.4 Å². The summed E-state index contributed by atoms with van der Waals surface area (Å²) in [7, 11) is 0. The Kier molecular flexibility index (Phi) is 5.20. The molecule has 0 unspecified atom stereocenters. The largest absolute Gasteiger partial charge is 0.268 e. The van der Waals surface area contributed by atoms with Gasteiger partial charge in [-0.15, -0.1) is 0 Å². The lowest BCUT2D eigenvalue weighted by molar-refractivity contribution is 0.807. The highest BCUT2D eigenvalue weighted by atomic mass is 32.2. The van der Waals surface area contributed by atoms with Crippen molar-refractivity contribution >= 4 is 22.7 Å². The van der Waals surface area contributed by atoms with E-state index < -0.39 is 0 Å². The highest BCUT2D eigenvalue weighted by molar-refractivity contribution is 7.99. The summed E-state index contributed by atoms with van der Waals surface area (Å²) >= 11 is 1.44. The molecule has 0 amide bonds. The average Bonchev–Trinajstić information content (AvgIpc) is 2.66. The molecule has 0 saturated carbocycles. The Morgan fingerprint density at radius 3 is 2.60 bits per heavy atom. The third-order valence-electron chi connectivity index (χ3n) is 4.03. The number of benzene rings is 2. The van der Waals surface area contributed by atoms with E-state index in [1.165, 1.54) is 17.3 Å². The molecular formula is C20H19N3OS. The Morgan fingerprint density at radius 2 is 1.92 bits per heavy atom. The number of thioether (sulfide) groups is 1. The summed E-state index contributed by atoms with van der Waals surface area (Å²) in [4.78, 5) is 17.7. The van der Waals surface area contributed by atoms with E-state index >= 15 is 0 Å². The Labute approximate surface area is 151 Å². The predicted octanol–water partition coefficient (Wildman–Crippen LogP) is 4.20. The zero-order valence-electron chi connectivity index (χ0n) is 14.3. The van der Waals surface area contributed by atoms with Crippen molar-refractivity contribution in [3.05, 3.63) is 64.4 Å². The molecule has 3 rings (SSSR count). The summed E-state index contributed by atoms with van der Waals surface area (Å²) in [5.41, 5.74) is 2.62. The average molecular weight is 349 g/mol. The van der Waals surface area contributed by atoms with Gasteiger partial charge in [0.25, 0.3) is 5.56 Å². The van der Waals surface area contributed by atoms with Crippen LogP contribution in [0.25, 0.3) is 16.6 Å². The second-order valence-electron chi connectivity index (χ2n) is 5.91. The monoisotopic (exact) mass is 349 g/mol. The fraction of sp³-hybridized carbons (Fsp3) is 0.250. The number of rotatable bonds is 5. The second-order valence-corrected chi connectivity index (χ2v) is 6.90. The molecule has 0 saturated heterocycles. The molecule has 0 radical (unpaired) electrons. The van der Waals surface area contributed by atoms with Gasteiger partial charge in [0.15, 0.2) is 5.16 Å². The number of nitriles is 1. The van der Waals surface area contributed by atoms with Gasteiger partial charge in [-0.2, -0.15) is 5.26 Å². The second kappa shape index (κ2) is 7.54. The van der Waals surface area contributed by atoms with Crippen LogP contribution in [-0.2, 0) is 6.42 Å². The number of fused-ring (bicyclic) bond motifs is 1. The Morgan fingerprint density at radius 1 is 1.20 bits per heavy atom. The molecule has 4 nitrogen and oxygen atoms in total. The first-order valence-corrected chi connectivity index (χ1v) is 9.26. The molecule has 126 valence electrons. The zero-order chi connectivity index (χ0) is 17.8. The molecule has 0 aliphatic carbocycles. The summed E-state index contributed by atoms with van der Waals surface area (Å²) in [5, 5.41) is 10.2. The molecular weight excluding hydrogens is 330 g/mol. The third-order valence-corrected chi connectivity index (χ3v) is 5.23. The molecule has 1 atom stereocenters. The highest BCUT2D eigenvalue weighted by Gasteiger charge is 2.14. The normalized spacial score (nSPS) is 12.0. The van der Waals surface area contributed by atoms with Crippen LogP contribution in [0.3, 0.4) is 0 Å². The number of aromatic nitrogens is 2. The molecule has 0 spiro atoms. The SMILES string of the molecule is CCc1ccc(-n2c(SC[C@@H](C)C#N)nc3ccccc3c2=O)cc1. The van der Waals surface area contributed by atoms with Gasteiger partial charge in [0.1, 0.15) is 0 Å². The van der Waals surface area contributed by atoms with Crippen LogP contribution >= 0.6 is 11.8 Å². The topological polar surface area (TPSA) is 58.7 Å². The Balaban J connectivity index is 2.17. The summed E-state index contributed by atoms with van der Waals surface area (Å²) in [6.07, 6.45) is 0.951. The van der Waals surface area contributed by atoms with Gasteiger partial charge in [-0.05, 0) is 43.2 Å². The van der Waals surface area contributed by atoms with Gasteiger partial charge >= 0.3 is 0 Å². The molecule has 0 bridgehead atoms. The van der Waals surface area contributed by atoms with Crippen molar-refractivity contribution in [3.63, 3.8) is 0 Å². The van der Waals surface area contributed by atoms with Crippen molar-refractivity contribution in [1.82, 2.24) is 9.55 Å². The maximum Gasteiger partial charge on any atom is 0.266 e. The predicted molar refractivity (Wildman–Crippen MR) is 102 cm³/mol. The lowest BCUT2D eigenvalue weighted by atomic mass is 10.1. The summed E-state index contributed by atoms with van der Waals surface area (Å²) in [5.74, 6) is 0.484. The van der Waals surface area contributed by atoms with Crippen LogP contribution in [0.1, 0.15) is 19.4 Å². The minimum atomic E-state index is -0.107. The van der Waals surface area contributed by atoms with E-state index in [1.807, 2.05) is 49.4 Å². The maximum absolute atomic E-state index is 13.1. The van der Waals surface area contributed by atoms with Crippen LogP contribution in [0.4, 0.5) is 0 Å². The lowest BCUT2D eigenvalue weighted by Crippen LogP contribution is -2.22. The zero-order valence-corrected chi connectivity index (χ0v) is 15.1. The standard InChI is InChI=1S/C20H19N3OS/c1-3-15-8-10-16(11-9-15)23-19(24)17-6-4-5-7-18(17)22-20(23)25-13-14(2)12-21/h4-11,14H,3,13H2,1-2H3/t14-/m0/s1. The van der Waals surface area contributed by atoms with Crippen LogP contribution in [0.15, 0.2) is 58.5 Å². The first kappa shape index (κ1) is 17.2. The summed E-state index contributed by atoms with van der Waals surface area (Å²) < 4.78 is 1.65. The Bertz CT molecular complexity index is 986. The quantitative estimate of drug-likeness (QED) is 0.512. The summed E-state index contributed by atoms with van der Waals surface area (Å²) in [6.45, 7) is 3.97. The van der Waals surface area contributed by atoms with E-state index in [0.717, 1.165) is 12.1 Å². The van der Waals surface area contributed by atoms with E-state index in [9.17, 15) is 4.79 Å². The fourth-order valence-corrected chi connectivity index (χ4v) is 3.51. The van der Waals surface area contributed by atoms with Crippen molar-refractivity contribution in [3.8, 4) is 11.8 Å². The van der Waals surface area contributed by atoms with E-state index in [-0.39, 0.29) is 11.5 Å². The molecule has 0 fully saturated rings. The van der Waals surface area contributed by atoms with Crippen molar-refractivity contribution in [2.75, 3.05) is 5.75 Å². The molecule has 3 aromatic rings. The van der Waals surface area contributed by atoms with Gasteiger partial charge in [0.2, 0.25) is 0 Å². The van der Waals surface area contributed by atoms with E-state index in [0.29, 0.717) is 21.8 Å². The molecule has 2 aromatic carbocycles. The minimum Gasteiger partial charge on any atom is -0.268 e. The first-order chi connectivity index (χ1) is 12.1. The lowest BCUT2D eigenvalue weighted by Gasteiger charge is -2.14. The van der Waals surface area contributed by atoms with Crippen molar-refractivity contribution in [1.29, 1.82) is 5.26 Å². The van der Waals surface area contributed by atoms with Crippen LogP contribution in [0.5, 0.6) is 0 Å². The van der Waals surface area contributed by atoms with Gasteiger partial charge in [-0.3, -0.25) is 9.36 Å². The van der Waals surface area contributed by atoms with Crippen molar-refractivity contribution < 1.29 is 0 Å². The van der Waals surface area contributed by atoms with Crippen LogP contribution in [0, 0.1) is 17.2 Å². The molecule has 0 N–H and O–H groups in total. The van der Waals surface area contributed by atoms with E-state index in [1.54, 1.807) is 10.6 Å². The fourth-order valence-electron chi connectivity index (χ4n) is 2.55. The van der Waals surface area contributed by atoms with Gasteiger partial charge in [-0.25, -0.2) is 4.98 Å². The highest BCUT2D eigenvalue weighted by Crippen LogP contribution is 2.23. The molecule has 0 aliphatic rings. The molecule has 0 aliphatic heterocycles. The molecule has 1 heterocycles. The Hall–Kier alpha value is -2.58. The van der Waals surface area contributed by atoms with Gasteiger partial charge in [0.05, 0.1) is 28.6 Å². The molecule has 1 aromatic heterocycles. The number of nitrogens with zero attached hydrogens (tertiary/aromatic N) is 3. The number of hydrogen-bond acceptors (Lipinski definition) is 4. The van der Waals surface area contributed by atoms with Gasteiger partial charge < -0.3 is 0 Å². The van der Waals surface area contributed by atoms with Crippen LogP contribution < -0.4 is 5.56 Å². The first-order valence-electron chi connectivity index (χ1n) is 8.27. The molecule has 5 heteroatoms. The van der Waals surface area contributed by atoms with Crippen molar-refractivity contribution in [2.24, 2.45) is 5.92 Å². The third kappa shape index (κ3) is 3.59. The minimum absolute atomic E-state index is 0.0815. The number of para-hydroxylation sites is 1. The van der Waals surface area contributed by atoms with E-state index in [4.69, 9.17) is 5.26 Å². The number of hydrogen-bond donors (Lipinski definition) is 0. The maximum atomic E-state index is 13.1. The van der Waals surface area contributed by atoms with Gasteiger partial charge in [-0.1, -0.05) is 43.0 Å². The smallest absolute Gasteiger partial charge is 0.266 e. The van der Waals surface area contributed by atoms with Crippen LogP contribution in [0.2, 0.25) is 0 Å². The number of aryl methyl sites for hydroxylation is 1. The van der Waals surface area contributed by atoms with Gasteiger partial charge in [0, 0.05) is 5.75 Å². The molecule has 25 heavy (non-hydrogen) atoms.